The van der Waals surface area contributed by atoms with Gasteiger partial charge in [-0.2, -0.15) is 13.2 Å². The number of fused-ring (bicyclic) bond motifs is 1. The third kappa shape index (κ3) is 3.08. The fourth-order valence-electron chi connectivity index (χ4n) is 3.97. The highest BCUT2D eigenvalue weighted by Crippen LogP contribution is 2.42. The molecule has 2 saturated heterocycles. The molecule has 0 aromatic carbocycles. The lowest BCUT2D eigenvalue weighted by atomic mass is 9.92. The normalized spacial score (nSPS) is 33.7. The van der Waals surface area contributed by atoms with Crippen LogP contribution in [0.5, 0.6) is 0 Å². The summed E-state index contributed by atoms with van der Waals surface area (Å²) >= 11 is 0. The minimum atomic E-state index is -4.40. The predicted octanol–water partition coefficient (Wildman–Crippen LogP) is 1.77. The Bertz CT molecular complexity index is 691. The first kappa shape index (κ1) is 17.7. The zero-order chi connectivity index (χ0) is 18.6. The Labute approximate surface area is 149 Å². The number of nitrogens with zero attached hydrogens (tertiary/aromatic N) is 2. The number of carbonyl (C=O) groups excluding carboxylic acids is 1. The van der Waals surface area contributed by atoms with E-state index in [0.717, 1.165) is 25.1 Å². The van der Waals surface area contributed by atoms with Crippen molar-refractivity contribution in [1.29, 1.82) is 0 Å². The van der Waals surface area contributed by atoms with Gasteiger partial charge in [0, 0.05) is 12.2 Å². The predicted molar refractivity (Wildman–Crippen MR) is 87.2 cm³/mol. The summed E-state index contributed by atoms with van der Waals surface area (Å²) in [6.07, 6.45) is -1.75. The number of rotatable bonds is 3. The standard InChI is InChI=1S/C17H22F3N5O/c1-8(12-6-5-11(7-21-12)17(18,19)20)25-15-13(14(24-25)10-3-4-10)16(26)23-9(2)22-15/h5-10,13-15,22,24H,3-4H2,1-2H3,(H,23,26)/t8-,9?,13?,14?,15?/m0/s1. The van der Waals surface area contributed by atoms with Gasteiger partial charge in [0.25, 0.3) is 0 Å². The molecule has 26 heavy (non-hydrogen) atoms. The molecule has 3 N–H and O–H groups in total. The van der Waals surface area contributed by atoms with E-state index in [4.69, 9.17) is 0 Å². The molecule has 4 unspecified atom stereocenters. The highest BCUT2D eigenvalue weighted by Gasteiger charge is 2.54. The summed E-state index contributed by atoms with van der Waals surface area (Å²) in [7, 11) is 0. The number of pyridine rings is 1. The lowest BCUT2D eigenvalue weighted by molar-refractivity contribution is -0.138. The molecule has 6 nitrogen and oxygen atoms in total. The summed E-state index contributed by atoms with van der Waals surface area (Å²) in [5, 5.41) is 8.25. The Balaban J connectivity index is 1.58. The Morgan fingerprint density at radius 2 is 2.04 bits per heavy atom. The fraction of sp³-hybridized carbons (Fsp3) is 0.647. The number of hydrogen-bond acceptors (Lipinski definition) is 5. The average Bonchev–Trinajstić information content (AvgIpc) is 3.34. The van der Waals surface area contributed by atoms with Crippen molar-refractivity contribution in [1.82, 2.24) is 26.1 Å². The fourth-order valence-corrected chi connectivity index (χ4v) is 3.97. The van der Waals surface area contributed by atoms with Crippen molar-refractivity contribution in [2.45, 2.75) is 57.3 Å². The van der Waals surface area contributed by atoms with Gasteiger partial charge in [-0.15, -0.1) is 0 Å². The molecule has 3 heterocycles. The van der Waals surface area contributed by atoms with Crippen molar-refractivity contribution in [3.63, 3.8) is 0 Å². The van der Waals surface area contributed by atoms with Gasteiger partial charge in [0.15, 0.2) is 0 Å². The van der Waals surface area contributed by atoms with Crippen LogP contribution < -0.4 is 16.1 Å². The summed E-state index contributed by atoms with van der Waals surface area (Å²) in [4.78, 5) is 16.6. The van der Waals surface area contributed by atoms with Crippen molar-refractivity contribution < 1.29 is 18.0 Å². The molecule has 0 bridgehead atoms. The Kier molecular flexibility index (Phi) is 4.20. The van der Waals surface area contributed by atoms with E-state index in [1.165, 1.54) is 6.07 Å². The molecule has 2 aliphatic heterocycles. The van der Waals surface area contributed by atoms with Crippen LogP contribution in [0.3, 0.4) is 0 Å². The smallest absolute Gasteiger partial charge is 0.341 e. The maximum Gasteiger partial charge on any atom is 0.417 e. The first-order chi connectivity index (χ1) is 12.3. The second-order valence-electron chi connectivity index (χ2n) is 7.41. The Morgan fingerprint density at radius 3 is 2.62 bits per heavy atom. The molecule has 3 aliphatic rings. The van der Waals surface area contributed by atoms with Gasteiger partial charge in [0.2, 0.25) is 5.91 Å². The van der Waals surface area contributed by atoms with E-state index in [1.807, 2.05) is 18.9 Å². The van der Waals surface area contributed by atoms with E-state index >= 15 is 0 Å². The summed E-state index contributed by atoms with van der Waals surface area (Å²) in [5.74, 6) is 0.248. The molecule has 0 spiro atoms. The number of hydrazine groups is 1. The number of hydrogen-bond donors (Lipinski definition) is 3. The maximum absolute atomic E-state index is 12.8. The number of alkyl halides is 3. The molecule has 5 atom stereocenters. The summed E-state index contributed by atoms with van der Waals surface area (Å²) in [6, 6.07) is 2.21. The van der Waals surface area contributed by atoms with Crippen LogP contribution >= 0.6 is 0 Å². The summed E-state index contributed by atoms with van der Waals surface area (Å²) in [5.41, 5.74) is 3.20. The monoisotopic (exact) mass is 369 g/mol. The van der Waals surface area contributed by atoms with E-state index in [2.05, 4.69) is 21.0 Å². The topological polar surface area (TPSA) is 69.3 Å². The second kappa shape index (κ2) is 6.17. The van der Waals surface area contributed by atoms with Crippen molar-refractivity contribution in [2.75, 3.05) is 0 Å². The van der Waals surface area contributed by atoms with Crippen LogP contribution in [-0.4, -0.2) is 34.3 Å². The molecule has 3 fully saturated rings. The van der Waals surface area contributed by atoms with E-state index in [1.54, 1.807) is 0 Å². The Morgan fingerprint density at radius 1 is 1.31 bits per heavy atom. The number of halogens is 3. The van der Waals surface area contributed by atoms with Gasteiger partial charge in [-0.25, -0.2) is 10.4 Å². The number of aromatic nitrogens is 1. The van der Waals surface area contributed by atoms with Gasteiger partial charge in [0.05, 0.1) is 35.5 Å². The minimum Gasteiger partial charge on any atom is -0.341 e. The van der Waals surface area contributed by atoms with Gasteiger partial charge in [-0.3, -0.25) is 15.1 Å². The van der Waals surface area contributed by atoms with E-state index in [9.17, 15) is 18.0 Å². The zero-order valence-corrected chi connectivity index (χ0v) is 14.5. The molecule has 9 heteroatoms. The van der Waals surface area contributed by atoms with Crippen LogP contribution in [-0.2, 0) is 11.0 Å². The number of amides is 1. The zero-order valence-electron chi connectivity index (χ0n) is 14.5. The Hall–Kier alpha value is -1.71. The van der Waals surface area contributed by atoms with Crippen LogP contribution in [0.15, 0.2) is 18.3 Å². The first-order valence-electron chi connectivity index (χ1n) is 8.90. The largest absolute Gasteiger partial charge is 0.417 e. The lowest BCUT2D eigenvalue weighted by Gasteiger charge is -2.37. The first-order valence-corrected chi connectivity index (χ1v) is 8.90. The van der Waals surface area contributed by atoms with Gasteiger partial charge < -0.3 is 5.32 Å². The van der Waals surface area contributed by atoms with Gasteiger partial charge in [0.1, 0.15) is 0 Å². The van der Waals surface area contributed by atoms with Crippen LogP contribution in [0.25, 0.3) is 0 Å². The van der Waals surface area contributed by atoms with Crippen molar-refractivity contribution >= 4 is 5.91 Å². The molecule has 1 aliphatic carbocycles. The lowest BCUT2D eigenvalue weighted by Crippen LogP contribution is -2.63. The molecule has 0 radical (unpaired) electrons. The van der Waals surface area contributed by atoms with Crippen molar-refractivity contribution in [3.05, 3.63) is 29.6 Å². The van der Waals surface area contributed by atoms with Crippen LogP contribution in [0.2, 0.25) is 0 Å². The van der Waals surface area contributed by atoms with Crippen LogP contribution in [0.4, 0.5) is 13.2 Å². The highest BCUT2D eigenvalue weighted by atomic mass is 19.4. The SMILES string of the molecule is CC1NC(=O)C2C(C3CC3)NN([C@@H](C)c3ccc(C(F)(F)F)cn3)C2N1. The molecule has 142 valence electrons. The van der Waals surface area contributed by atoms with Crippen LogP contribution in [0.1, 0.15) is 44.0 Å². The highest BCUT2D eigenvalue weighted by molar-refractivity contribution is 5.81. The molecule has 1 saturated carbocycles. The maximum atomic E-state index is 12.8. The van der Waals surface area contributed by atoms with Gasteiger partial charge in [-0.1, -0.05) is 0 Å². The molecule has 1 amide bonds. The summed E-state index contributed by atoms with van der Waals surface area (Å²) < 4.78 is 38.3. The molecule has 4 rings (SSSR count). The number of carbonyl (C=O) groups is 1. The number of nitrogens with one attached hydrogen (secondary N) is 3. The average molecular weight is 369 g/mol. The third-order valence-corrected chi connectivity index (χ3v) is 5.50. The van der Waals surface area contributed by atoms with Crippen molar-refractivity contribution in [3.8, 4) is 0 Å². The molecule has 1 aromatic rings. The van der Waals surface area contributed by atoms with Gasteiger partial charge >= 0.3 is 6.18 Å². The van der Waals surface area contributed by atoms with E-state index in [0.29, 0.717) is 11.6 Å². The third-order valence-electron chi connectivity index (χ3n) is 5.50. The van der Waals surface area contributed by atoms with E-state index in [-0.39, 0.29) is 36.2 Å². The molecule has 1 aromatic heterocycles. The van der Waals surface area contributed by atoms with Crippen LogP contribution in [0, 0.1) is 11.8 Å². The minimum absolute atomic E-state index is 0.0146. The molecular weight excluding hydrogens is 347 g/mol. The van der Waals surface area contributed by atoms with Crippen molar-refractivity contribution in [2.24, 2.45) is 11.8 Å². The van der Waals surface area contributed by atoms with E-state index < -0.39 is 11.7 Å². The molecular formula is C17H22F3N5O. The second-order valence-corrected chi connectivity index (χ2v) is 7.41. The van der Waals surface area contributed by atoms with Gasteiger partial charge in [-0.05, 0) is 44.7 Å². The quantitative estimate of drug-likeness (QED) is 0.758. The summed E-state index contributed by atoms with van der Waals surface area (Å²) in [6.45, 7) is 3.76.